The monoisotopic (exact) mass is 454 g/mol. The summed E-state index contributed by atoms with van der Waals surface area (Å²) in [6, 6.07) is 19.8. The zero-order valence-electron chi connectivity index (χ0n) is 18.2. The average Bonchev–Trinajstić information content (AvgIpc) is 3.29. The molecule has 4 rings (SSSR count). The van der Waals surface area contributed by atoms with Crippen molar-refractivity contribution < 1.29 is 33.5 Å². The Kier molecular flexibility index (Phi) is 8.01. The number of halogens is 1. The molecule has 2 aromatic carbocycles. The van der Waals surface area contributed by atoms with Crippen LogP contribution in [0.2, 0.25) is 0 Å². The zero-order valence-corrected chi connectivity index (χ0v) is 19.0. The number of hydrogen-bond acceptors (Lipinski definition) is 5. The summed E-state index contributed by atoms with van der Waals surface area (Å²) in [7, 11) is -0.790. The fraction of sp³-hybridized carbons (Fsp3) is 0.240. The molecule has 168 valence electrons. The molecule has 1 fully saturated rings. The Labute approximate surface area is 191 Å². The Morgan fingerprint density at radius 2 is 1.25 bits per heavy atom. The van der Waals surface area contributed by atoms with Gasteiger partial charge in [-0.15, -0.1) is 10.2 Å². The van der Waals surface area contributed by atoms with Crippen LogP contribution in [-0.4, -0.2) is 37.5 Å². The van der Waals surface area contributed by atoms with Crippen LogP contribution in [0.3, 0.4) is 0 Å². The molecule has 32 heavy (non-hydrogen) atoms. The Morgan fingerprint density at radius 3 is 1.75 bits per heavy atom. The number of rotatable bonds is 3. The van der Waals surface area contributed by atoms with E-state index in [1.165, 1.54) is 59.6 Å². The molecule has 1 saturated heterocycles. The van der Waals surface area contributed by atoms with Gasteiger partial charge in [-0.2, -0.15) is 0 Å². The van der Waals surface area contributed by atoms with E-state index in [1.807, 2.05) is 0 Å². The molecule has 0 saturated carbocycles. The van der Waals surface area contributed by atoms with Gasteiger partial charge in [0.05, 0.1) is 0 Å². The molecule has 7 heteroatoms. The highest BCUT2D eigenvalue weighted by atomic mass is 35.7. The molecule has 6 nitrogen and oxygen atoms in total. The van der Waals surface area contributed by atoms with E-state index in [4.69, 9.17) is 18.6 Å². The predicted octanol–water partition coefficient (Wildman–Crippen LogP) is 0.172. The number of anilines is 1. The van der Waals surface area contributed by atoms with Gasteiger partial charge in [-0.1, -0.05) is 42.5 Å². The van der Waals surface area contributed by atoms with Crippen molar-refractivity contribution in [1.29, 1.82) is 0 Å². The second-order valence-electron chi connectivity index (χ2n) is 7.80. The van der Waals surface area contributed by atoms with E-state index in [-0.39, 0.29) is 0 Å². The normalized spacial score (nSPS) is 15.5. The quantitative estimate of drug-likeness (QED) is 0.616. The maximum absolute atomic E-state index is 8.49. The third-order valence-corrected chi connectivity index (χ3v) is 5.36. The number of allylic oxidation sites excluding steroid dienone is 5. The highest BCUT2D eigenvalue weighted by Gasteiger charge is 2.15. The summed E-state index contributed by atoms with van der Waals surface area (Å²) < 4.78 is 36.1. The molecule has 0 aromatic heterocycles. The van der Waals surface area contributed by atoms with Gasteiger partial charge in [0.2, 0.25) is 0 Å². The van der Waals surface area contributed by atoms with E-state index < -0.39 is 10.2 Å². The summed E-state index contributed by atoms with van der Waals surface area (Å²) in [6.45, 7) is 2.36. The molecule has 0 spiro atoms. The van der Waals surface area contributed by atoms with Gasteiger partial charge < -0.3 is 4.90 Å². The molecule has 0 bridgehead atoms. The lowest BCUT2D eigenvalue weighted by Crippen LogP contribution is -2.68. The summed E-state index contributed by atoms with van der Waals surface area (Å²) >= 11 is 0. The number of nitrogens with zero attached hydrogens (tertiary/aromatic N) is 2. The molecule has 0 unspecified atom stereocenters. The standard InChI is InChI=1S/C25H27N2.ClHO4/c1-26(2)23-14-10-21(11-15-23)25(20-8-4-3-5-9-20)22-12-16-24(17-13-22)27-18-6-7-19-27;2-1(3,4)5/h3-5,8-17H,6-7,18-19H2,1-2H3;(H,2,3,4,5)/q+1;/p-1. The van der Waals surface area contributed by atoms with E-state index >= 15 is 0 Å². The molecule has 1 heterocycles. The maximum Gasteiger partial charge on any atom is 0.199 e. The van der Waals surface area contributed by atoms with Crippen molar-refractivity contribution in [2.45, 2.75) is 12.8 Å². The fourth-order valence-electron chi connectivity index (χ4n) is 3.85. The van der Waals surface area contributed by atoms with E-state index in [0.717, 1.165) is 0 Å². The third-order valence-electron chi connectivity index (χ3n) is 5.36. The van der Waals surface area contributed by atoms with Crippen LogP contribution in [0.4, 0.5) is 5.69 Å². The van der Waals surface area contributed by atoms with Gasteiger partial charge in [0.1, 0.15) is 14.1 Å². The summed E-state index contributed by atoms with van der Waals surface area (Å²) in [5.74, 6) is 0. The second-order valence-corrected chi connectivity index (χ2v) is 8.56. The zero-order chi connectivity index (χ0) is 23.1. The smallest absolute Gasteiger partial charge is 0.199 e. The van der Waals surface area contributed by atoms with Crippen molar-refractivity contribution in [2.75, 3.05) is 32.1 Å². The minimum atomic E-state index is -4.94. The maximum atomic E-state index is 8.49. The first kappa shape index (κ1) is 23.9. The minimum Gasteiger partial charge on any atom is -0.372 e. The van der Waals surface area contributed by atoms with Crippen LogP contribution in [0.5, 0.6) is 0 Å². The Hall–Kier alpha value is -2.74. The molecule has 0 atom stereocenters. The molecule has 2 aliphatic rings. The van der Waals surface area contributed by atoms with Crippen molar-refractivity contribution in [1.82, 2.24) is 0 Å². The van der Waals surface area contributed by atoms with Gasteiger partial charge in [-0.25, -0.2) is 23.2 Å². The topological polar surface area (TPSA) is 98.5 Å². The van der Waals surface area contributed by atoms with Gasteiger partial charge in [0, 0.05) is 30.9 Å². The van der Waals surface area contributed by atoms with Crippen molar-refractivity contribution in [2.24, 2.45) is 0 Å². The first-order valence-electron chi connectivity index (χ1n) is 10.4. The Balaban J connectivity index is 0.000000523. The third kappa shape index (κ3) is 6.88. The largest absolute Gasteiger partial charge is 0.372 e. The second kappa shape index (κ2) is 10.7. The minimum absolute atomic E-state index is 1.18. The molecule has 0 N–H and O–H groups in total. The summed E-state index contributed by atoms with van der Waals surface area (Å²) in [6.07, 6.45) is 11.5. The van der Waals surface area contributed by atoms with Crippen LogP contribution in [-0.2, 0) is 0 Å². The van der Waals surface area contributed by atoms with Crippen LogP contribution in [0, 0.1) is 10.2 Å². The summed E-state index contributed by atoms with van der Waals surface area (Å²) in [5, 5.41) is 0. The summed E-state index contributed by atoms with van der Waals surface area (Å²) in [4.78, 5) is 2.48. The van der Waals surface area contributed by atoms with Crippen LogP contribution in [0.1, 0.15) is 24.0 Å². The fourth-order valence-corrected chi connectivity index (χ4v) is 3.85. The van der Waals surface area contributed by atoms with E-state index in [2.05, 4.69) is 102 Å². The van der Waals surface area contributed by atoms with Gasteiger partial charge >= 0.3 is 0 Å². The van der Waals surface area contributed by atoms with Gasteiger partial charge in [0.25, 0.3) is 0 Å². The highest BCUT2D eigenvalue weighted by molar-refractivity contribution is 6.03. The first-order chi connectivity index (χ1) is 15.2. The molecular weight excluding hydrogens is 428 g/mol. The van der Waals surface area contributed by atoms with Crippen molar-refractivity contribution in [3.05, 3.63) is 95.6 Å². The molecule has 1 aliphatic heterocycles. The highest BCUT2D eigenvalue weighted by Crippen LogP contribution is 2.31. The molecule has 1 aliphatic carbocycles. The van der Waals surface area contributed by atoms with Crippen molar-refractivity contribution >= 4 is 17.0 Å². The number of benzene rings is 2. The molecule has 0 radical (unpaired) electrons. The lowest BCUT2D eigenvalue weighted by molar-refractivity contribution is -2.00. The van der Waals surface area contributed by atoms with Gasteiger partial charge in [0.15, 0.2) is 5.71 Å². The van der Waals surface area contributed by atoms with Crippen LogP contribution in [0.15, 0.2) is 84.5 Å². The average molecular weight is 455 g/mol. The SMILES string of the molecule is C[N+](C)=C1C=CC(=C(c2ccccc2)c2ccc(N3CCCC3)cc2)C=C1.[O-][Cl+3]([O-])([O-])[O-]. The van der Waals surface area contributed by atoms with Crippen molar-refractivity contribution in [3.63, 3.8) is 0 Å². The molecule has 2 aromatic rings. The van der Waals surface area contributed by atoms with E-state index in [9.17, 15) is 0 Å². The molecule has 0 amide bonds. The molecular formula is C25H27ClN2O4. The lowest BCUT2D eigenvalue weighted by atomic mass is 9.90. The Bertz CT molecular complexity index is 1000. The summed E-state index contributed by atoms with van der Waals surface area (Å²) in [5.41, 5.74) is 7.61. The van der Waals surface area contributed by atoms with Crippen LogP contribution in [0.25, 0.3) is 5.57 Å². The predicted molar refractivity (Wildman–Crippen MR) is 116 cm³/mol. The van der Waals surface area contributed by atoms with Crippen LogP contribution < -0.4 is 23.5 Å². The Morgan fingerprint density at radius 1 is 0.750 bits per heavy atom. The number of hydrogen-bond donors (Lipinski definition) is 0. The van der Waals surface area contributed by atoms with Gasteiger partial charge in [-0.05, 0) is 59.4 Å². The van der Waals surface area contributed by atoms with Crippen molar-refractivity contribution in [3.8, 4) is 0 Å². The van der Waals surface area contributed by atoms with Crippen LogP contribution >= 0.6 is 0 Å². The lowest BCUT2D eigenvalue weighted by Gasteiger charge is -2.19. The van der Waals surface area contributed by atoms with E-state index in [1.54, 1.807) is 0 Å². The van der Waals surface area contributed by atoms with Gasteiger partial charge in [-0.3, -0.25) is 0 Å². The first-order valence-corrected chi connectivity index (χ1v) is 11.6. The van der Waals surface area contributed by atoms with E-state index in [0.29, 0.717) is 0 Å².